The summed E-state index contributed by atoms with van der Waals surface area (Å²) in [4.78, 5) is 7.79. The first kappa shape index (κ1) is 13.3. The lowest BCUT2D eigenvalue weighted by molar-refractivity contribution is -0.274. The molecule has 2 aromatic rings. The molecule has 19 heavy (non-hydrogen) atoms. The Morgan fingerprint density at radius 3 is 2.74 bits per heavy atom. The second-order valence-corrected chi connectivity index (χ2v) is 3.78. The number of hydrogen-bond donors (Lipinski definition) is 0. The van der Waals surface area contributed by atoms with Gasteiger partial charge in [-0.15, -0.1) is 13.2 Å². The van der Waals surface area contributed by atoms with Crippen molar-refractivity contribution in [2.24, 2.45) is 0 Å². The molecule has 1 aromatic carbocycles. The highest BCUT2D eigenvalue weighted by Crippen LogP contribution is 2.26. The van der Waals surface area contributed by atoms with Gasteiger partial charge in [-0.05, 0) is 36.6 Å². The number of ether oxygens (including phenoxy) is 1. The number of rotatable bonds is 4. The van der Waals surface area contributed by atoms with E-state index in [4.69, 9.17) is 0 Å². The molecule has 2 rings (SSSR count). The fraction of sp³-hybridized carbons (Fsp3) is 0.231. The summed E-state index contributed by atoms with van der Waals surface area (Å²) < 4.78 is 40.6. The maximum Gasteiger partial charge on any atom is 0.573 e. The lowest BCUT2D eigenvalue weighted by Crippen LogP contribution is -2.18. The van der Waals surface area contributed by atoms with Gasteiger partial charge in [-0.1, -0.05) is 12.1 Å². The standard InChI is InChI=1S/C13H10F3N2O/c14-13(15,16)19-12-4-2-1-3-10(12)5-6-11-7-8-17-9-18-11/h1,3-4,7-9H,5-6H2. The summed E-state index contributed by atoms with van der Waals surface area (Å²) in [5, 5.41) is 0. The van der Waals surface area contributed by atoms with Crippen LogP contribution in [-0.2, 0) is 12.8 Å². The number of aromatic nitrogens is 2. The van der Waals surface area contributed by atoms with E-state index in [0.29, 0.717) is 18.4 Å². The Kier molecular flexibility index (Phi) is 3.99. The third-order valence-electron chi connectivity index (χ3n) is 2.43. The van der Waals surface area contributed by atoms with Crippen LogP contribution in [0.25, 0.3) is 0 Å². The average Bonchev–Trinajstić information content (AvgIpc) is 2.37. The number of benzene rings is 1. The molecule has 0 saturated carbocycles. The number of alkyl halides is 3. The summed E-state index contributed by atoms with van der Waals surface area (Å²) in [6.07, 6.45) is -0.786. The monoisotopic (exact) mass is 267 g/mol. The van der Waals surface area contributed by atoms with E-state index in [1.807, 2.05) is 0 Å². The Labute approximate surface area is 108 Å². The summed E-state index contributed by atoms with van der Waals surface area (Å²) in [7, 11) is 0. The van der Waals surface area contributed by atoms with Crippen molar-refractivity contribution in [3.05, 3.63) is 54.1 Å². The van der Waals surface area contributed by atoms with Gasteiger partial charge < -0.3 is 4.74 Å². The fourth-order valence-corrected chi connectivity index (χ4v) is 1.60. The van der Waals surface area contributed by atoms with Crippen molar-refractivity contribution in [1.29, 1.82) is 0 Å². The van der Waals surface area contributed by atoms with E-state index in [9.17, 15) is 13.2 Å². The highest BCUT2D eigenvalue weighted by Gasteiger charge is 2.31. The summed E-state index contributed by atoms with van der Waals surface area (Å²) in [6, 6.07) is 8.59. The predicted molar refractivity (Wildman–Crippen MR) is 61.4 cm³/mol. The van der Waals surface area contributed by atoms with Crippen LogP contribution in [0.5, 0.6) is 5.75 Å². The molecule has 0 unspecified atom stereocenters. The van der Waals surface area contributed by atoms with Gasteiger partial charge in [0.2, 0.25) is 0 Å². The summed E-state index contributed by atoms with van der Waals surface area (Å²) in [6.45, 7) is 0. The maximum absolute atomic E-state index is 12.2. The molecule has 99 valence electrons. The quantitative estimate of drug-likeness (QED) is 0.854. The van der Waals surface area contributed by atoms with Crippen LogP contribution < -0.4 is 4.74 Å². The first-order chi connectivity index (χ1) is 9.04. The van der Waals surface area contributed by atoms with Crippen molar-refractivity contribution in [3.63, 3.8) is 0 Å². The van der Waals surface area contributed by atoms with Gasteiger partial charge in [0.1, 0.15) is 12.1 Å². The van der Waals surface area contributed by atoms with Crippen LogP contribution in [0.3, 0.4) is 0 Å². The van der Waals surface area contributed by atoms with Gasteiger partial charge in [0.25, 0.3) is 0 Å². The Hall–Kier alpha value is -2.11. The molecule has 0 aliphatic carbocycles. The van der Waals surface area contributed by atoms with E-state index in [1.165, 1.54) is 12.4 Å². The molecule has 0 N–H and O–H groups in total. The summed E-state index contributed by atoms with van der Waals surface area (Å²) >= 11 is 0. The van der Waals surface area contributed by atoms with Crippen molar-refractivity contribution >= 4 is 0 Å². The minimum Gasteiger partial charge on any atom is -0.405 e. The SMILES string of the molecule is FC(F)(F)Oc1c[c]ccc1CCc1ccncn1. The third-order valence-corrected chi connectivity index (χ3v) is 2.43. The van der Waals surface area contributed by atoms with Crippen LogP contribution in [0.1, 0.15) is 11.3 Å². The zero-order valence-corrected chi connectivity index (χ0v) is 9.81. The lowest BCUT2D eigenvalue weighted by atomic mass is 10.1. The van der Waals surface area contributed by atoms with Crippen LogP contribution in [0.15, 0.2) is 36.8 Å². The van der Waals surface area contributed by atoms with Crippen molar-refractivity contribution < 1.29 is 17.9 Å². The molecule has 0 spiro atoms. The van der Waals surface area contributed by atoms with Crippen molar-refractivity contribution in [2.75, 3.05) is 0 Å². The van der Waals surface area contributed by atoms with Crippen molar-refractivity contribution in [1.82, 2.24) is 9.97 Å². The molecular weight excluding hydrogens is 257 g/mol. The van der Waals surface area contributed by atoms with Gasteiger partial charge in [-0.25, -0.2) is 9.97 Å². The van der Waals surface area contributed by atoms with Gasteiger partial charge in [0.15, 0.2) is 0 Å². The second-order valence-electron chi connectivity index (χ2n) is 3.78. The van der Waals surface area contributed by atoms with Gasteiger partial charge >= 0.3 is 6.36 Å². The van der Waals surface area contributed by atoms with Crippen LogP contribution in [-0.4, -0.2) is 16.3 Å². The number of nitrogens with zero attached hydrogens (tertiary/aromatic N) is 2. The molecule has 1 radical (unpaired) electrons. The molecule has 0 fully saturated rings. The largest absolute Gasteiger partial charge is 0.573 e. The second kappa shape index (κ2) is 5.69. The Bertz CT molecular complexity index is 529. The average molecular weight is 267 g/mol. The van der Waals surface area contributed by atoms with Gasteiger partial charge in [-0.2, -0.15) is 0 Å². The molecule has 0 saturated heterocycles. The Morgan fingerprint density at radius 1 is 1.21 bits per heavy atom. The molecule has 1 heterocycles. The van der Waals surface area contributed by atoms with E-state index in [1.54, 1.807) is 24.4 Å². The molecule has 1 aromatic heterocycles. The zero-order valence-electron chi connectivity index (χ0n) is 9.81. The van der Waals surface area contributed by atoms with E-state index in [2.05, 4.69) is 20.8 Å². The predicted octanol–water partition coefficient (Wildman–Crippen LogP) is 2.96. The first-order valence-electron chi connectivity index (χ1n) is 5.54. The van der Waals surface area contributed by atoms with E-state index in [0.717, 1.165) is 5.69 Å². The molecule has 0 aliphatic heterocycles. The molecule has 0 aliphatic rings. The van der Waals surface area contributed by atoms with Crippen molar-refractivity contribution in [2.45, 2.75) is 19.2 Å². The van der Waals surface area contributed by atoms with Crippen LogP contribution >= 0.6 is 0 Å². The summed E-state index contributed by atoms with van der Waals surface area (Å²) in [5.41, 5.74) is 1.23. The number of hydrogen-bond acceptors (Lipinski definition) is 3. The molecule has 0 atom stereocenters. The van der Waals surface area contributed by atoms with E-state index in [-0.39, 0.29) is 5.75 Å². The molecular formula is C13H10F3N2O. The minimum absolute atomic E-state index is 0.218. The molecule has 3 nitrogen and oxygen atoms in total. The first-order valence-corrected chi connectivity index (χ1v) is 5.54. The van der Waals surface area contributed by atoms with Crippen LogP contribution in [0.2, 0.25) is 0 Å². The minimum atomic E-state index is -4.70. The van der Waals surface area contributed by atoms with E-state index < -0.39 is 6.36 Å². The van der Waals surface area contributed by atoms with Gasteiger partial charge in [0, 0.05) is 11.9 Å². The maximum atomic E-state index is 12.2. The van der Waals surface area contributed by atoms with Crippen LogP contribution in [0, 0.1) is 6.07 Å². The van der Waals surface area contributed by atoms with E-state index >= 15 is 0 Å². The molecule has 0 amide bonds. The Morgan fingerprint density at radius 2 is 2.05 bits per heavy atom. The summed E-state index contributed by atoms with van der Waals surface area (Å²) in [5.74, 6) is -0.218. The van der Waals surface area contributed by atoms with Crippen LogP contribution in [0.4, 0.5) is 13.2 Å². The normalized spacial score (nSPS) is 11.3. The van der Waals surface area contributed by atoms with Crippen molar-refractivity contribution in [3.8, 4) is 5.75 Å². The zero-order chi connectivity index (χ0) is 13.7. The smallest absolute Gasteiger partial charge is 0.405 e. The Balaban J connectivity index is 2.08. The number of halogens is 3. The highest BCUT2D eigenvalue weighted by atomic mass is 19.4. The van der Waals surface area contributed by atoms with Gasteiger partial charge in [-0.3, -0.25) is 0 Å². The molecule has 0 bridgehead atoms. The topological polar surface area (TPSA) is 35.0 Å². The lowest BCUT2D eigenvalue weighted by Gasteiger charge is -2.12. The fourth-order valence-electron chi connectivity index (χ4n) is 1.60. The number of aryl methyl sites for hydroxylation is 2. The molecule has 6 heteroatoms. The van der Waals surface area contributed by atoms with Gasteiger partial charge in [0.05, 0.1) is 0 Å². The third kappa shape index (κ3) is 4.24. The highest BCUT2D eigenvalue weighted by molar-refractivity contribution is 5.33.